The monoisotopic (exact) mass is 241 g/mol. The number of hydrogen-bond acceptors (Lipinski definition) is 4. The molecular weight excluding hydrogens is 214 g/mol. The van der Waals surface area contributed by atoms with E-state index in [-0.39, 0.29) is 0 Å². The first-order valence-corrected chi connectivity index (χ1v) is 6.95. The Kier molecular flexibility index (Phi) is 5.22. The zero-order chi connectivity index (χ0) is 12.1. The standard InChI is InChI=1S/C13H27N3O/c1-14-13-4-9-17-11-12(13)10-16-6-3-5-15(2)7-8-16/h12-14H,3-11H2,1-2H3. The molecule has 4 nitrogen and oxygen atoms in total. The molecule has 2 aliphatic rings. The molecule has 0 aromatic rings. The van der Waals surface area contributed by atoms with E-state index in [0.29, 0.717) is 12.0 Å². The van der Waals surface area contributed by atoms with Crippen LogP contribution >= 0.6 is 0 Å². The van der Waals surface area contributed by atoms with E-state index in [2.05, 4.69) is 29.2 Å². The Morgan fingerprint density at radius 3 is 2.94 bits per heavy atom. The number of nitrogens with zero attached hydrogens (tertiary/aromatic N) is 2. The second-order valence-electron chi connectivity index (χ2n) is 5.48. The van der Waals surface area contributed by atoms with Crippen LogP contribution in [0.15, 0.2) is 0 Å². The minimum absolute atomic E-state index is 0.643. The van der Waals surface area contributed by atoms with Gasteiger partial charge in [-0.05, 0) is 40.0 Å². The summed E-state index contributed by atoms with van der Waals surface area (Å²) < 4.78 is 5.63. The minimum Gasteiger partial charge on any atom is -0.381 e. The van der Waals surface area contributed by atoms with Crippen molar-refractivity contribution in [3.63, 3.8) is 0 Å². The van der Waals surface area contributed by atoms with E-state index in [0.717, 1.165) is 19.6 Å². The molecule has 2 heterocycles. The highest BCUT2D eigenvalue weighted by atomic mass is 16.5. The summed E-state index contributed by atoms with van der Waals surface area (Å²) in [5, 5.41) is 3.45. The van der Waals surface area contributed by atoms with Crippen molar-refractivity contribution in [1.29, 1.82) is 0 Å². The molecule has 0 radical (unpaired) electrons. The largest absolute Gasteiger partial charge is 0.381 e. The molecule has 2 aliphatic heterocycles. The quantitative estimate of drug-likeness (QED) is 0.766. The van der Waals surface area contributed by atoms with Crippen LogP contribution < -0.4 is 5.32 Å². The topological polar surface area (TPSA) is 27.7 Å². The number of likely N-dealkylation sites (N-methyl/N-ethyl adjacent to an activating group) is 1. The molecule has 0 aromatic heterocycles. The molecule has 4 heteroatoms. The summed E-state index contributed by atoms with van der Waals surface area (Å²) in [5.74, 6) is 0.664. The van der Waals surface area contributed by atoms with Crippen molar-refractivity contribution < 1.29 is 4.74 Å². The molecule has 1 N–H and O–H groups in total. The molecule has 100 valence electrons. The van der Waals surface area contributed by atoms with E-state index in [1.807, 2.05) is 0 Å². The number of rotatable bonds is 3. The minimum atomic E-state index is 0.643. The van der Waals surface area contributed by atoms with Gasteiger partial charge in [0.15, 0.2) is 0 Å². The number of ether oxygens (including phenoxy) is 1. The maximum absolute atomic E-state index is 5.63. The fraction of sp³-hybridized carbons (Fsp3) is 1.00. The first-order valence-electron chi connectivity index (χ1n) is 6.95. The molecule has 0 aliphatic carbocycles. The Hall–Kier alpha value is -0.160. The van der Waals surface area contributed by atoms with E-state index in [1.165, 1.54) is 39.1 Å². The highest BCUT2D eigenvalue weighted by Gasteiger charge is 2.26. The van der Waals surface area contributed by atoms with Crippen LogP contribution in [0.4, 0.5) is 0 Å². The third-order valence-electron chi connectivity index (χ3n) is 4.15. The van der Waals surface area contributed by atoms with Crippen LogP contribution in [0.1, 0.15) is 12.8 Å². The lowest BCUT2D eigenvalue weighted by atomic mass is 9.95. The number of hydrogen-bond donors (Lipinski definition) is 1. The highest BCUT2D eigenvalue weighted by molar-refractivity contribution is 4.82. The van der Waals surface area contributed by atoms with Crippen molar-refractivity contribution in [3.8, 4) is 0 Å². The lowest BCUT2D eigenvalue weighted by Crippen LogP contribution is -2.47. The van der Waals surface area contributed by atoms with Crippen LogP contribution in [0.25, 0.3) is 0 Å². The van der Waals surface area contributed by atoms with Gasteiger partial charge in [0.1, 0.15) is 0 Å². The van der Waals surface area contributed by atoms with Crippen LogP contribution in [0.2, 0.25) is 0 Å². The van der Waals surface area contributed by atoms with Gasteiger partial charge in [-0.2, -0.15) is 0 Å². The van der Waals surface area contributed by atoms with E-state index in [1.54, 1.807) is 0 Å². The van der Waals surface area contributed by atoms with Gasteiger partial charge in [0.05, 0.1) is 6.61 Å². The van der Waals surface area contributed by atoms with Crippen molar-refractivity contribution in [2.24, 2.45) is 5.92 Å². The summed E-state index contributed by atoms with van der Waals surface area (Å²) in [7, 11) is 4.31. The summed E-state index contributed by atoms with van der Waals surface area (Å²) in [6.07, 6.45) is 2.46. The lowest BCUT2D eigenvalue weighted by molar-refractivity contribution is 0.0190. The van der Waals surface area contributed by atoms with Gasteiger partial charge in [0.2, 0.25) is 0 Å². The van der Waals surface area contributed by atoms with E-state index in [4.69, 9.17) is 4.74 Å². The molecule has 17 heavy (non-hydrogen) atoms. The third-order valence-corrected chi connectivity index (χ3v) is 4.15. The molecule has 0 aromatic carbocycles. The zero-order valence-corrected chi connectivity index (χ0v) is 11.3. The van der Waals surface area contributed by atoms with Crippen molar-refractivity contribution in [3.05, 3.63) is 0 Å². The van der Waals surface area contributed by atoms with Crippen molar-refractivity contribution in [1.82, 2.24) is 15.1 Å². The average molecular weight is 241 g/mol. The normalized spacial score (nSPS) is 33.5. The SMILES string of the molecule is CNC1CCOCC1CN1CCCN(C)CC1. The molecule has 2 saturated heterocycles. The average Bonchev–Trinajstić information content (AvgIpc) is 2.55. The highest BCUT2D eigenvalue weighted by Crippen LogP contribution is 2.16. The molecule has 2 unspecified atom stereocenters. The Morgan fingerprint density at radius 2 is 2.12 bits per heavy atom. The fourth-order valence-corrected chi connectivity index (χ4v) is 2.97. The van der Waals surface area contributed by atoms with Gasteiger partial charge in [0, 0.05) is 38.2 Å². The van der Waals surface area contributed by atoms with Crippen molar-refractivity contribution in [2.45, 2.75) is 18.9 Å². The Labute approximate surface area is 105 Å². The van der Waals surface area contributed by atoms with E-state index in [9.17, 15) is 0 Å². The molecule has 0 saturated carbocycles. The Bertz CT molecular complexity index is 225. The molecule has 2 fully saturated rings. The van der Waals surface area contributed by atoms with Gasteiger partial charge in [-0.25, -0.2) is 0 Å². The predicted molar refractivity (Wildman–Crippen MR) is 70.3 cm³/mol. The van der Waals surface area contributed by atoms with E-state index >= 15 is 0 Å². The smallest absolute Gasteiger partial charge is 0.0521 e. The zero-order valence-electron chi connectivity index (χ0n) is 11.3. The van der Waals surface area contributed by atoms with Crippen LogP contribution in [0.3, 0.4) is 0 Å². The van der Waals surface area contributed by atoms with Crippen LogP contribution in [-0.2, 0) is 4.74 Å². The molecule has 2 atom stereocenters. The summed E-state index contributed by atoms with van der Waals surface area (Å²) >= 11 is 0. The summed E-state index contributed by atoms with van der Waals surface area (Å²) in [4.78, 5) is 5.06. The van der Waals surface area contributed by atoms with Gasteiger partial charge in [-0.15, -0.1) is 0 Å². The Morgan fingerprint density at radius 1 is 1.24 bits per heavy atom. The second-order valence-corrected chi connectivity index (χ2v) is 5.48. The van der Waals surface area contributed by atoms with E-state index < -0.39 is 0 Å². The summed E-state index contributed by atoms with van der Waals surface area (Å²) in [6.45, 7) is 7.95. The second kappa shape index (κ2) is 6.69. The third kappa shape index (κ3) is 3.91. The predicted octanol–water partition coefficient (Wildman–Crippen LogP) is 0.248. The first kappa shape index (κ1) is 13.3. The molecule has 2 rings (SSSR count). The van der Waals surface area contributed by atoms with Gasteiger partial charge in [-0.3, -0.25) is 0 Å². The lowest BCUT2D eigenvalue weighted by Gasteiger charge is -2.35. The summed E-state index contributed by atoms with van der Waals surface area (Å²) in [5.41, 5.74) is 0. The van der Waals surface area contributed by atoms with Crippen molar-refractivity contribution >= 4 is 0 Å². The maximum atomic E-state index is 5.63. The van der Waals surface area contributed by atoms with Crippen LogP contribution in [0, 0.1) is 5.92 Å². The number of nitrogens with one attached hydrogen (secondary N) is 1. The fourth-order valence-electron chi connectivity index (χ4n) is 2.97. The van der Waals surface area contributed by atoms with Gasteiger partial charge >= 0.3 is 0 Å². The van der Waals surface area contributed by atoms with Crippen molar-refractivity contribution in [2.75, 3.05) is 60.0 Å². The van der Waals surface area contributed by atoms with Gasteiger partial charge in [0.25, 0.3) is 0 Å². The molecule has 0 amide bonds. The maximum Gasteiger partial charge on any atom is 0.0521 e. The van der Waals surface area contributed by atoms with Crippen LogP contribution in [-0.4, -0.2) is 75.9 Å². The van der Waals surface area contributed by atoms with Crippen LogP contribution in [0.5, 0.6) is 0 Å². The van der Waals surface area contributed by atoms with Gasteiger partial charge in [-0.1, -0.05) is 0 Å². The molecule has 0 bridgehead atoms. The molecule has 0 spiro atoms. The van der Waals surface area contributed by atoms with Gasteiger partial charge < -0.3 is 19.9 Å². The summed E-state index contributed by atoms with van der Waals surface area (Å²) in [6, 6.07) is 0.643. The molecular formula is C13H27N3O. The first-order chi connectivity index (χ1) is 8.29. The Balaban J connectivity index is 1.81.